The topological polar surface area (TPSA) is 9.23 Å². The molecule has 0 fully saturated rings. The molecule has 0 bridgehead atoms. The molecule has 0 atom stereocenters. The molecule has 0 amide bonds. The summed E-state index contributed by atoms with van der Waals surface area (Å²) in [7, 11) is -5.79. The largest absolute Gasteiger partial charge is 0.616 e. The van der Waals surface area contributed by atoms with Crippen LogP contribution in [-0.2, 0) is 4.74 Å². The van der Waals surface area contributed by atoms with Crippen LogP contribution in [-0.4, -0.2) is 28.2 Å². The van der Waals surface area contributed by atoms with Crippen molar-refractivity contribution < 1.29 is 34.6 Å². The van der Waals surface area contributed by atoms with Gasteiger partial charge in [-0.25, -0.2) is 21.1 Å². The van der Waals surface area contributed by atoms with Crippen LogP contribution in [0.3, 0.4) is 0 Å². The molecule has 0 aromatic rings. The first-order chi connectivity index (χ1) is 6.15. The lowest BCUT2D eigenvalue weighted by molar-refractivity contribution is -0.300. The Bertz CT molecular complexity index is 168. The fourth-order valence-corrected chi connectivity index (χ4v) is 1.09. The van der Waals surface area contributed by atoms with E-state index < -0.39 is 40.7 Å². The quantitative estimate of drug-likeness (QED) is 0.302. The van der Waals surface area contributed by atoms with E-state index in [1.54, 1.807) is 0 Å². The average molecular weight is 244 g/mol. The van der Waals surface area contributed by atoms with Gasteiger partial charge in [0.05, 0.1) is 6.61 Å². The molecule has 86 valence electrons. The lowest BCUT2D eigenvalue weighted by atomic mass is 10.5. The normalized spacial score (nSPS) is 13.7. The Labute approximate surface area is 76.4 Å². The van der Waals surface area contributed by atoms with Gasteiger partial charge in [-0.2, -0.15) is 8.78 Å². The molecule has 9 heteroatoms. The van der Waals surface area contributed by atoms with Crippen LogP contribution in [0.2, 0.25) is 6.04 Å². The standard InChI is InChI=1S/C5H7F7OSi/c6-4(7)5(8,9)13-2-1-3-14(10,11)12/h4H,1-3H2. The molecule has 0 saturated carbocycles. The van der Waals surface area contributed by atoms with Crippen LogP contribution in [0, 0.1) is 0 Å². The van der Waals surface area contributed by atoms with E-state index in [-0.39, 0.29) is 0 Å². The van der Waals surface area contributed by atoms with Gasteiger partial charge >= 0.3 is 21.6 Å². The molecule has 0 unspecified atom stereocenters. The zero-order chi connectivity index (χ0) is 11.4. The monoisotopic (exact) mass is 244 g/mol. The molecular weight excluding hydrogens is 237 g/mol. The first kappa shape index (κ1) is 13.7. The maximum Gasteiger partial charge on any atom is 0.616 e. The van der Waals surface area contributed by atoms with Crippen molar-refractivity contribution in [3.8, 4) is 0 Å². The van der Waals surface area contributed by atoms with E-state index in [9.17, 15) is 29.9 Å². The SMILES string of the molecule is FC(F)C(F)(F)OCCC[Si](F)(F)F. The summed E-state index contributed by atoms with van der Waals surface area (Å²) in [5.74, 6) is 0. The maximum atomic E-state index is 11.9. The lowest BCUT2D eigenvalue weighted by Gasteiger charge is -2.15. The zero-order valence-corrected chi connectivity index (χ0v) is 7.75. The van der Waals surface area contributed by atoms with Crippen LogP contribution in [0.1, 0.15) is 6.42 Å². The summed E-state index contributed by atoms with van der Waals surface area (Å²) in [6.45, 7) is -1.02. The molecule has 0 rings (SSSR count). The van der Waals surface area contributed by atoms with E-state index in [1.165, 1.54) is 0 Å². The second-order valence-electron chi connectivity index (χ2n) is 2.43. The maximum absolute atomic E-state index is 11.9. The second kappa shape index (κ2) is 4.96. The average Bonchev–Trinajstić information content (AvgIpc) is 1.96. The van der Waals surface area contributed by atoms with Crippen molar-refractivity contribution in [3.05, 3.63) is 0 Å². The highest BCUT2D eigenvalue weighted by Gasteiger charge is 2.42. The van der Waals surface area contributed by atoms with E-state index in [1.807, 2.05) is 0 Å². The van der Waals surface area contributed by atoms with Gasteiger partial charge in [-0.3, -0.25) is 0 Å². The van der Waals surface area contributed by atoms with Crippen molar-refractivity contribution in [2.75, 3.05) is 6.61 Å². The van der Waals surface area contributed by atoms with Crippen LogP contribution in [0.5, 0.6) is 0 Å². The first-order valence-corrected chi connectivity index (χ1v) is 5.36. The highest BCUT2D eigenvalue weighted by atomic mass is 28.5. The van der Waals surface area contributed by atoms with Crippen molar-refractivity contribution in [3.63, 3.8) is 0 Å². The van der Waals surface area contributed by atoms with Gasteiger partial charge < -0.3 is 4.74 Å². The van der Waals surface area contributed by atoms with Crippen molar-refractivity contribution in [1.29, 1.82) is 0 Å². The molecule has 0 N–H and O–H groups in total. The summed E-state index contributed by atoms with van der Waals surface area (Å²) in [4.78, 5) is 0. The van der Waals surface area contributed by atoms with Crippen LogP contribution < -0.4 is 0 Å². The highest BCUT2D eigenvalue weighted by molar-refractivity contribution is 6.58. The Morgan fingerprint density at radius 2 is 1.64 bits per heavy atom. The zero-order valence-electron chi connectivity index (χ0n) is 6.75. The van der Waals surface area contributed by atoms with Gasteiger partial charge in [0.25, 0.3) is 0 Å². The minimum atomic E-state index is -5.79. The van der Waals surface area contributed by atoms with Crippen LogP contribution in [0.25, 0.3) is 0 Å². The number of hydrogen-bond acceptors (Lipinski definition) is 1. The Balaban J connectivity index is 3.65. The van der Waals surface area contributed by atoms with E-state index in [4.69, 9.17) is 0 Å². The summed E-state index contributed by atoms with van der Waals surface area (Å²) in [6.07, 6.45) is -9.39. The van der Waals surface area contributed by atoms with Gasteiger partial charge in [-0.05, 0) is 6.42 Å². The summed E-state index contributed by atoms with van der Waals surface area (Å²) in [6, 6.07) is -1.20. The number of ether oxygens (including phenoxy) is 1. The molecule has 0 heterocycles. The molecule has 0 radical (unpaired) electrons. The molecular formula is C5H7F7OSi. The third kappa shape index (κ3) is 6.19. The molecule has 0 spiro atoms. The van der Waals surface area contributed by atoms with Gasteiger partial charge in [0.15, 0.2) is 0 Å². The van der Waals surface area contributed by atoms with Gasteiger partial charge in [-0.1, -0.05) is 0 Å². The lowest BCUT2D eigenvalue weighted by Crippen LogP contribution is -2.30. The van der Waals surface area contributed by atoms with Gasteiger partial charge in [0.1, 0.15) is 0 Å². The Morgan fingerprint density at radius 3 is 2.00 bits per heavy atom. The minimum absolute atomic E-state index is 0.710. The molecule has 0 saturated heterocycles. The summed E-state index contributed by atoms with van der Waals surface area (Å²) in [5.41, 5.74) is 0. The third-order valence-electron chi connectivity index (χ3n) is 1.15. The summed E-state index contributed by atoms with van der Waals surface area (Å²) in [5, 5.41) is 0. The highest BCUT2D eigenvalue weighted by Crippen LogP contribution is 2.25. The fourth-order valence-electron chi connectivity index (χ4n) is 0.544. The van der Waals surface area contributed by atoms with E-state index >= 15 is 0 Å². The number of hydrogen-bond donors (Lipinski definition) is 0. The molecule has 0 aliphatic heterocycles. The smallest absolute Gasteiger partial charge is 0.316 e. The molecule has 0 aliphatic carbocycles. The summed E-state index contributed by atoms with van der Waals surface area (Å²) >= 11 is 0. The van der Waals surface area contributed by atoms with Crippen LogP contribution in [0.15, 0.2) is 0 Å². The van der Waals surface area contributed by atoms with Crippen molar-refractivity contribution in [2.24, 2.45) is 0 Å². The predicted octanol–water partition coefficient (Wildman–Crippen LogP) is 3.10. The number of rotatable bonds is 6. The third-order valence-corrected chi connectivity index (χ3v) is 2.07. The van der Waals surface area contributed by atoms with Crippen LogP contribution in [0.4, 0.5) is 29.9 Å². The van der Waals surface area contributed by atoms with E-state index in [0.29, 0.717) is 0 Å². The van der Waals surface area contributed by atoms with Crippen LogP contribution >= 0.6 is 0 Å². The molecule has 14 heavy (non-hydrogen) atoms. The summed E-state index contributed by atoms with van der Waals surface area (Å²) < 4.78 is 84.7. The van der Waals surface area contributed by atoms with Crippen molar-refractivity contribution >= 4 is 9.08 Å². The Kier molecular flexibility index (Phi) is 4.85. The van der Waals surface area contributed by atoms with E-state index in [0.717, 1.165) is 0 Å². The van der Waals surface area contributed by atoms with Crippen molar-refractivity contribution in [2.45, 2.75) is 25.0 Å². The Hall–Kier alpha value is -0.313. The Morgan fingerprint density at radius 1 is 1.14 bits per heavy atom. The van der Waals surface area contributed by atoms with Crippen molar-refractivity contribution in [1.82, 2.24) is 0 Å². The number of halogens is 7. The van der Waals surface area contributed by atoms with E-state index in [2.05, 4.69) is 4.74 Å². The van der Waals surface area contributed by atoms with Gasteiger partial charge in [0, 0.05) is 6.04 Å². The second-order valence-corrected chi connectivity index (χ2v) is 4.16. The van der Waals surface area contributed by atoms with Gasteiger partial charge in [-0.15, -0.1) is 0 Å². The molecule has 0 aromatic carbocycles. The predicted molar refractivity (Wildman–Crippen MR) is 35.4 cm³/mol. The molecule has 0 aliphatic rings. The van der Waals surface area contributed by atoms with Gasteiger partial charge in [0.2, 0.25) is 0 Å². The first-order valence-electron chi connectivity index (χ1n) is 3.52. The number of alkyl halides is 4. The molecule has 1 nitrogen and oxygen atoms in total. The minimum Gasteiger partial charge on any atom is -0.316 e. The molecule has 0 aromatic heterocycles. The fraction of sp³-hybridized carbons (Fsp3) is 1.00.